The minimum atomic E-state index is -0.0650. The third-order valence-corrected chi connectivity index (χ3v) is 5.65. The van der Waals surface area contributed by atoms with Crippen LogP contribution in [0.5, 0.6) is 0 Å². The maximum Gasteiger partial charge on any atom is 0.269 e. The van der Waals surface area contributed by atoms with Crippen LogP contribution in [0.2, 0.25) is 0 Å². The van der Waals surface area contributed by atoms with E-state index in [1.165, 1.54) is 16.0 Å². The lowest BCUT2D eigenvalue weighted by molar-refractivity contribution is 0.0901. The van der Waals surface area contributed by atoms with Crippen molar-refractivity contribution in [2.45, 2.75) is 26.4 Å². The predicted octanol–water partition coefficient (Wildman–Crippen LogP) is 3.30. The summed E-state index contributed by atoms with van der Waals surface area (Å²) in [6.07, 6.45) is 0.949. The van der Waals surface area contributed by atoms with E-state index in [0.717, 1.165) is 24.2 Å². The summed E-state index contributed by atoms with van der Waals surface area (Å²) in [6.45, 7) is 5.55. The number of hydrogen-bond donors (Lipinski definition) is 2. The Morgan fingerprint density at radius 3 is 2.96 bits per heavy atom. The molecule has 2 aromatic heterocycles. The van der Waals surface area contributed by atoms with Crippen LogP contribution < -0.4 is 10.6 Å². The van der Waals surface area contributed by atoms with E-state index in [1.807, 2.05) is 10.7 Å². The summed E-state index contributed by atoms with van der Waals surface area (Å²) in [4.78, 5) is 13.6. The van der Waals surface area contributed by atoms with Crippen molar-refractivity contribution in [3.05, 3.63) is 63.5 Å². The normalized spacial score (nSPS) is 16.4. The molecule has 5 nitrogen and oxygen atoms in total. The first kappa shape index (κ1) is 17.0. The summed E-state index contributed by atoms with van der Waals surface area (Å²) >= 11 is 1.77. The van der Waals surface area contributed by atoms with E-state index in [4.69, 9.17) is 5.10 Å². The molecular weight excluding hydrogens is 344 g/mol. The number of carbonyl (C=O) groups excluding carboxylic acids is 1. The first-order valence-electron chi connectivity index (χ1n) is 8.83. The molecule has 0 aliphatic carbocycles. The summed E-state index contributed by atoms with van der Waals surface area (Å²) in [7, 11) is 0. The number of rotatable bonds is 5. The van der Waals surface area contributed by atoms with Crippen LogP contribution in [-0.2, 0) is 6.42 Å². The number of thiophene rings is 1. The lowest BCUT2D eigenvalue weighted by Gasteiger charge is -2.25. The molecule has 0 fully saturated rings. The van der Waals surface area contributed by atoms with Gasteiger partial charge in [-0.15, -0.1) is 11.3 Å². The number of benzene rings is 1. The average molecular weight is 366 g/mol. The van der Waals surface area contributed by atoms with Gasteiger partial charge in [0.05, 0.1) is 12.2 Å². The number of amides is 1. The summed E-state index contributed by atoms with van der Waals surface area (Å²) in [6, 6.07) is 12.4. The number of nitrogens with zero attached hydrogens (tertiary/aromatic N) is 2. The first-order valence-corrected chi connectivity index (χ1v) is 9.71. The topological polar surface area (TPSA) is 59.0 Å². The fraction of sp³-hybridized carbons (Fsp3) is 0.300. The molecule has 1 unspecified atom stereocenters. The van der Waals surface area contributed by atoms with Crippen LogP contribution in [0.4, 0.5) is 0 Å². The van der Waals surface area contributed by atoms with Crippen LogP contribution in [-0.4, -0.2) is 28.8 Å². The molecule has 0 saturated carbocycles. The average Bonchev–Trinajstić information content (AvgIpc) is 3.27. The molecule has 6 heteroatoms. The second-order valence-corrected chi connectivity index (χ2v) is 7.72. The van der Waals surface area contributed by atoms with Gasteiger partial charge in [0.2, 0.25) is 0 Å². The maximum atomic E-state index is 12.3. The minimum Gasteiger partial charge on any atom is -0.347 e. The fourth-order valence-electron chi connectivity index (χ4n) is 3.38. The molecule has 0 spiro atoms. The van der Waals surface area contributed by atoms with Crippen molar-refractivity contribution < 1.29 is 4.79 Å². The van der Waals surface area contributed by atoms with Crippen molar-refractivity contribution in [2.24, 2.45) is 0 Å². The lowest BCUT2D eigenvalue weighted by Crippen LogP contribution is -2.45. The molecule has 0 bridgehead atoms. The predicted molar refractivity (Wildman–Crippen MR) is 105 cm³/mol. The number of aromatic nitrogens is 2. The van der Waals surface area contributed by atoms with Gasteiger partial charge >= 0.3 is 0 Å². The van der Waals surface area contributed by atoms with Crippen LogP contribution >= 0.6 is 11.3 Å². The van der Waals surface area contributed by atoms with Crippen molar-refractivity contribution in [3.8, 4) is 11.3 Å². The van der Waals surface area contributed by atoms with E-state index >= 15 is 0 Å². The Morgan fingerprint density at radius 2 is 2.19 bits per heavy atom. The van der Waals surface area contributed by atoms with Gasteiger partial charge in [0.25, 0.3) is 5.91 Å². The van der Waals surface area contributed by atoms with Crippen LogP contribution in [0.3, 0.4) is 0 Å². The monoisotopic (exact) mass is 366 g/mol. The zero-order valence-electron chi connectivity index (χ0n) is 15.0. The maximum absolute atomic E-state index is 12.3. The Kier molecular flexibility index (Phi) is 4.61. The van der Waals surface area contributed by atoms with Crippen LogP contribution in [0.25, 0.3) is 11.3 Å². The molecule has 3 aromatic rings. The van der Waals surface area contributed by atoms with Gasteiger partial charge in [-0.1, -0.05) is 29.8 Å². The van der Waals surface area contributed by atoms with Crippen molar-refractivity contribution in [2.75, 3.05) is 13.1 Å². The highest BCUT2D eigenvalue weighted by Crippen LogP contribution is 2.26. The number of fused-ring (bicyclic) bond motifs is 1. The molecule has 26 heavy (non-hydrogen) atoms. The minimum absolute atomic E-state index is 0.0258. The van der Waals surface area contributed by atoms with Crippen molar-refractivity contribution >= 4 is 17.2 Å². The van der Waals surface area contributed by atoms with Gasteiger partial charge in [-0.2, -0.15) is 5.10 Å². The van der Waals surface area contributed by atoms with Gasteiger partial charge in [0.15, 0.2) is 0 Å². The van der Waals surface area contributed by atoms with Crippen LogP contribution in [0.15, 0.2) is 41.8 Å². The summed E-state index contributed by atoms with van der Waals surface area (Å²) in [5.41, 5.74) is 4.92. The number of nitrogens with one attached hydrogen (secondary N) is 2. The highest BCUT2D eigenvalue weighted by Gasteiger charge is 2.27. The van der Waals surface area contributed by atoms with E-state index in [-0.39, 0.29) is 12.1 Å². The van der Waals surface area contributed by atoms with E-state index in [1.54, 1.807) is 11.3 Å². The molecule has 1 atom stereocenters. The number of hydrogen-bond acceptors (Lipinski definition) is 4. The first-order chi connectivity index (χ1) is 12.6. The molecule has 134 valence electrons. The van der Waals surface area contributed by atoms with Crippen LogP contribution in [0.1, 0.15) is 32.7 Å². The van der Waals surface area contributed by atoms with Gasteiger partial charge in [-0.25, -0.2) is 4.68 Å². The molecule has 0 radical (unpaired) electrons. The second kappa shape index (κ2) is 7.05. The quantitative estimate of drug-likeness (QED) is 0.728. The van der Waals surface area contributed by atoms with Crippen molar-refractivity contribution in [1.82, 2.24) is 20.4 Å². The standard InChI is InChI=1S/C20H22N4OS/c1-13-5-6-16(14(2)10-13)17-11-18-20(25)22-12-19(24(18)23-17)21-8-7-15-4-3-9-26-15/h3-6,9-11,19,21H,7-8,12H2,1-2H3,(H,22,25). The Labute approximate surface area is 157 Å². The SMILES string of the molecule is Cc1ccc(-c2cc3n(n2)C(NCCc2cccs2)CNC3=O)c(C)c1. The molecular formula is C20H22N4OS. The zero-order chi connectivity index (χ0) is 18.1. The highest BCUT2D eigenvalue weighted by molar-refractivity contribution is 7.09. The molecule has 3 heterocycles. The van der Waals surface area contributed by atoms with E-state index < -0.39 is 0 Å². The van der Waals surface area contributed by atoms with Crippen LogP contribution in [0, 0.1) is 13.8 Å². The van der Waals surface area contributed by atoms with E-state index in [2.05, 4.69) is 60.2 Å². The Bertz CT molecular complexity index is 929. The highest BCUT2D eigenvalue weighted by atomic mass is 32.1. The van der Waals surface area contributed by atoms with Crippen molar-refractivity contribution in [1.29, 1.82) is 0 Å². The molecule has 1 aliphatic heterocycles. The molecule has 1 aromatic carbocycles. The molecule has 2 N–H and O–H groups in total. The van der Waals surface area contributed by atoms with Gasteiger partial charge in [0.1, 0.15) is 11.9 Å². The third kappa shape index (κ3) is 3.30. The Balaban J connectivity index is 1.57. The van der Waals surface area contributed by atoms with Gasteiger partial charge < -0.3 is 5.32 Å². The smallest absolute Gasteiger partial charge is 0.269 e. The molecule has 1 amide bonds. The van der Waals surface area contributed by atoms with E-state index in [0.29, 0.717) is 12.2 Å². The Morgan fingerprint density at radius 1 is 1.31 bits per heavy atom. The van der Waals surface area contributed by atoms with E-state index in [9.17, 15) is 4.79 Å². The van der Waals surface area contributed by atoms with Gasteiger partial charge in [-0.3, -0.25) is 10.1 Å². The number of aryl methyl sites for hydroxylation is 2. The third-order valence-electron chi connectivity index (χ3n) is 4.71. The van der Waals surface area contributed by atoms with Crippen molar-refractivity contribution in [3.63, 3.8) is 0 Å². The largest absolute Gasteiger partial charge is 0.347 e. The summed E-state index contributed by atoms with van der Waals surface area (Å²) < 4.78 is 1.84. The molecule has 4 rings (SSSR count). The van der Waals surface area contributed by atoms with Gasteiger partial charge in [-0.05, 0) is 43.3 Å². The second-order valence-electron chi connectivity index (χ2n) is 6.69. The summed E-state index contributed by atoms with van der Waals surface area (Å²) in [5, 5.41) is 13.3. The fourth-order valence-corrected chi connectivity index (χ4v) is 4.09. The summed E-state index contributed by atoms with van der Waals surface area (Å²) in [5.74, 6) is -0.0650. The zero-order valence-corrected chi connectivity index (χ0v) is 15.8. The molecule has 0 saturated heterocycles. The van der Waals surface area contributed by atoms with Gasteiger partial charge in [0, 0.05) is 17.0 Å². The lowest BCUT2D eigenvalue weighted by atomic mass is 10.0. The Hall–Kier alpha value is -2.44. The molecule has 1 aliphatic rings. The number of carbonyl (C=O) groups is 1.